The van der Waals surface area contributed by atoms with E-state index in [1.54, 1.807) is 0 Å². The molecule has 126 valence electrons. The van der Waals surface area contributed by atoms with Crippen LogP contribution in [0.5, 0.6) is 5.75 Å². The van der Waals surface area contributed by atoms with E-state index >= 15 is 0 Å². The summed E-state index contributed by atoms with van der Waals surface area (Å²) in [5.41, 5.74) is 7.68. The summed E-state index contributed by atoms with van der Waals surface area (Å²) in [6.45, 7) is 1.54. The first-order chi connectivity index (χ1) is 11.8. The van der Waals surface area contributed by atoms with Gasteiger partial charge in [0, 0.05) is 15.4 Å². The van der Waals surface area contributed by atoms with Gasteiger partial charge in [0.1, 0.15) is 5.75 Å². The van der Waals surface area contributed by atoms with Crippen molar-refractivity contribution in [3.8, 4) is 17.0 Å². The molecule has 0 bridgehead atoms. The lowest BCUT2D eigenvalue weighted by Gasteiger charge is -2.06. The maximum Gasteiger partial charge on any atom is 0.120 e. The van der Waals surface area contributed by atoms with E-state index in [0.717, 1.165) is 52.2 Å². The van der Waals surface area contributed by atoms with Gasteiger partial charge in [-0.2, -0.15) is 4.37 Å². The van der Waals surface area contributed by atoms with Crippen LogP contribution in [0.25, 0.3) is 21.3 Å². The molecule has 3 aromatic rings. The van der Waals surface area contributed by atoms with E-state index in [0.29, 0.717) is 0 Å². The van der Waals surface area contributed by atoms with Gasteiger partial charge in [-0.1, -0.05) is 40.9 Å². The molecule has 0 spiro atoms. The predicted molar refractivity (Wildman–Crippen MR) is 106 cm³/mol. The fourth-order valence-corrected chi connectivity index (χ4v) is 3.70. The van der Waals surface area contributed by atoms with Crippen LogP contribution in [0, 0.1) is 0 Å². The van der Waals surface area contributed by atoms with Crippen LogP contribution >= 0.6 is 27.5 Å². The number of benzene rings is 2. The summed E-state index contributed by atoms with van der Waals surface area (Å²) in [7, 11) is 0. The van der Waals surface area contributed by atoms with E-state index in [1.165, 1.54) is 29.8 Å². The van der Waals surface area contributed by atoms with E-state index in [4.69, 9.17) is 10.5 Å². The molecule has 0 unspecified atom stereocenters. The van der Waals surface area contributed by atoms with Gasteiger partial charge in [-0.3, -0.25) is 0 Å². The van der Waals surface area contributed by atoms with Crippen LogP contribution in [0.1, 0.15) is 25.7 Å². The van der Waals surface area contributed by atoms with Crippen LogP contribution in [0.15, 0.2) is 46.9 Å². The highest BCUT2D eigenvalue weighted by Gasteiger charge is 2.09. The minimum Gasteiger partial charge on any atom is -0.494 e. The molecule has 5 heteroatoms. The molecule has 0 radical (unpaired) electrons. The fraction of sp³-hybridized carbons (Fsp3) is 0.316. The van der Waals surface area contributed by atoms with Crippen LogP contribution in [0.2, 0.25) is 0 Å². The van der Waals surface area contributed by atoms with Crippen LogP contribution in [-0.2, 0) is 0 Å². The summed E-state index contributed by atoms with van der Waals surface area (Å²) in [5, 5.41) is 1.18. The zero-order valence-corrected chi connectivity index (χ0v) is 15.9. The zero-order valence-electron chi connectivity index (χ0n) is 13.5. The minimum absolute atomic E-state index is 0.758. The lowest BCUT2D eigenvalue weighted by molar-refractivity contribution is 0.305. The van der Waals surface area contributed by atoms with Crippen molar-refractivity contribution in [2.24, 2.45) is 5.73 Å². The molecule has 0 saturated heterocycles. The SMILES string of the molecule is NCCCCCCOc1ccc2c(-c3ccc(Br)cc3)nsc2c1. The van der Waals surface area contributed by atoms with Crippen molar-refractivity contribution < 1.29 is 4.74 Å². The van der Waals surface area contributed by atoms with Crippen LogP contribution in [-0.4, -0.2) is 17.5 Å². The predicted octanol–water partition coefficient (Wildman–Crippen LogP) is 5.62. The molecule has 3 rings (SSSR count). The number of nitrogens with zero attached hydrogens (tertiary/aromatic N) is 1. The van der Waals surface area contributed by atoms with E-state index in [1.807, 2.05) is 18.2 Å². The molecule has 0 aliphatic rings. The molecule has 0 fully saturated rings. The summed E-state index contributed by atoms with van der Waals surface area (Å²) in [6, 6.07) is 14.5. The molecule has 2 N–H and O–H groups in total. The van der Waals surface area contributed by atoms with Gasteiger partial charge in [0.2, 0.25) is 0 Å². The Hall–Kier alpha value is -1.43. The average molecular weight is 405 g/mol. The number of rotatable bonds is 8. The van der Waals surface area contributed by atoms with Crippen molar-refractivity contribution in [1.82, 2.24) is 4.37 Å². The van der Waals surface area contributed by atoms with Crippen molar-refractivity contribution in [2.75, 3.05) is 13.2 Å². The molecule has 24 heavy (non-hydrogen) atoms. The topological polar surface area (TPSA) is 48.1 Å². The number of ether oxygens (including phenoxy) is 1. The van der Waals surface area contributed by atoms with Crippen molar-refractivity contribution in [1.29, 1.82) is 0 Å². The van der Waals surface area contributed by atoms with Gasteiger partial charge in [0.05, 0.1) is 17.0 Å². The average Bonchev–Trinajstić information content (AvgIpc) is 3.02. The smallest absolute Gasteiger partial charge is 0.120 e. The summed E-state index contributed by atoms with van der Waals surface area (Å²) >= 11 is 4.99. The largest absolute Gasteiger partial charge is 0.494 e. The molecular formula is C19H21BrN2OS. The number of hydrogen-bond acceptors (Lipinski definition) is 4. The number of nitrogens with two attached hydrogens (primary N) is 1. The lowest BCUT2D eigenvalue weighted by Crippen LogP contribution is -2.00. The summed E-state index contributed by atoms with van der Waals surface area (Å²) in [6.07, 6.45) is 4.54. The third kappa shape index (κ3) is 4.35. The Balaban J connectivity index is 1.66. The maximum atomic E-state index is 5.87. The second-order valence-corrected chi connectivity index (χ2v) is 7.47. The minimum atomic E-state index is 0.758. The Morgan fingerprint density at radius 3 is 2.58 bits per heavy atom. The van der Waals surface area contributed by atoms with Gasteiger partial charge in [0.25, 0.3) is 0 Å². The Kier molecular flexibility index (Phi) is 6.24. The van der Waals surface area contributed by atoms with Crippen molar-refractivity contribution in [2.45, 2.75) is 25.7 Å². The van der Waals surface area contributed by atoms with Gasteiger partial charge >= 0.3 is 0 Å². The number of hydrogen-bond donors (Lipinski definition) is 1. The van der Waals surface area contributed by atoms with E-state index in [-0.39, 0.29) is 0 Å². The molecule has 2 aromatic carbocycles. The first-order valence-corrected chi connectivity index (χ1v) is 9.83. The molecule has 0 saturated carbocycles. The van der Waals surface area contributed by atoms with Crippen LogP contribution in [0.3, 0.4) is 0 Å². The van der Waals surface area contributed by atoms with Crippen molar-refractivity contribution >= 4 is 37.5 Å². The zero-order chi connectivity index (χ0) is 16.8. The van der Waals surface area contributed by atoms with E-state index in [2.05, 4.69) is 44.6 Å². The molecule has 1 aromatic heterocycles. The molecule has 0 aliphatic heterocycles. The first-order valence-electron chi connectivity index (χ1n) is 8.26. The molecule has 1 heterocycles. The quantitative estimate of drug-likeness (QED) is 0.495. The second kappa shape index (κ2) is 8.60. The van der Waals surface area contributed by atoms with Gasteiger partial charge in [-0.15, -0.1) is 0 Å². The fourth-order valence-electron chi connectivity index (χ4n) is 2.61. The van der Waals surface area contributed by atoms with Gasteiger partial charge in [-0.25, -0.2) is 0 Å². The number of aromatic nitrogens is 1. The highest BCUT2D eigenvalue weighted by atomic mass is 79.9. The first kappa shape index (κ1) is 17.4. The van der Waals surface area contributed by atoms with Crippen molar-refractivity contribution in [3.63, 3.8) is 0 Å². The van der Waals surface area contributed by atoms with E-state index in [9.17, 15) is 0 Å². The van der Waals surface area contributed by atoms with Crippen molar-refractivity contribution in [3.05, 3.63) is 46.9 Å². The van der Waals surface area contributed by atoms with Gasteiger partial charge in [-0.05, 0) is 61.3 Å². The third-order valence-corrected chi connectivity index (χ3v) is 5.27. The second-order valence-electron chi connectivity index (χ2n) is 5.75. The normalized spacial score (nSPS) is 11.1. The van der Waals surface area contributed by atoms with Gasteiger partial charge in [0.15, 0.2) is 0 Å². The Bertz CT molecular complexity index is 786. The molecule has 3 nitrogen and oxygen atoms in total. The molecular weight excluding hydrogens is 384 g/mol. The highest BCUT2D eigenvalue weighted by Crippen LogP contribution is 2.33. The van der Waals surface area contributed by atoms with Crippen LogP contribution in [0.4, 0.5) is 0 Å². The standard InChI is InChI=1S/C19H21BrN2OS/c20-15-7-5-14(6-8-15)19-17-10-9-16(13-18(17)24-22-19)23-12-4-2-1-3-11-21/h5-10,13H,1-4,11-12,21H2. The van der Waals surface area contributed by atoms with Gasteiger partial charge < -0.3 is 10.5 Å². The molecule has 0 atom stereocenters. The highest BCUT2D eigenvalue weighted by molar-refractivity contribution is 9.10. The summed E-state index contributed by atoms with van der Waals surface area (Å²) in [5.74, 6) is 0.923. The summed E-state index contributed by atoms with van der Waals surface area (Å²) in [4.78, 5) is 0. The third-order valence-electron chi connectivity index (χ3n) is 3.93. The summed E-state index contributed by atoms with van der Waals surface area (Å²) < 4.78 is 12.7. The maximum absolute atomic E-state index is 5.87. The Labute approximate surface area is 155 Å². The number of unbranched alkanes of at least 4 members (excludes halogenated alkanes) is 3. The number of fused-ring (bicyclic) bond motifs is 1. The van der Waals surface area contributed by atoms with E-state index < -0.39 is 0 Å². The number of halogens is 1. The Morgan fingerprint density at radius 2 is 1.79 bits per heavy atom. The Morgan fingerprint density at radius 1 is 1.00 bits per heavy atom. The molecule has 0 amide bonds. The van der Waals surface area contributed by atoms with Crippen LogP contribution < -0.4 is 10.5 Å². The lowest BCUT2D eigenvalue weighted by atomic mass is 10.1. The monoisotopic (exact) mass is 404 g/mol. The molecule has 0 aliphatic carbocycles.